The Labute approximate surface area is 141 Å². The number of aromatic nitrogens is 1. The number of aromatic carboxylic acids is 1. The van der Waals surface area contributed by atoms with Gasteiger partial charge in [-0.2, -0.15) is 0 Å². The zero-order valence-corrected chi connectivity index (χ0v) is 14.0. The van der Waals surface area contributed by atoms with Gasteiger partial charge in [0.1, 0.15) is 11.3 Å². The molecule has 0 aliphatic carbocycles. The Balaban J connectivity index is 1.56. The van der Waals surface area contributed by atoms with Crippen LogP contribution in [0.5, 0.6) is 5.75 Å². The zero-order chi connectivity index (χ0) is 16.9. The molecule has 130 valence electrons. The highest BCUT2D eigenvalue weighted by Gasteiger charge is 2.15. The van der Waals surface area contributed by atoms with Gasteiger partial charge in [-0.25, -0.2) is 4.79 Å². The van der Waals surface area contributed by atoms with Crippen molar-refractivity contribution in [1.29, 1.82) is 0 Å². The van der Waals surface area contributed by atoms with E-state index in [1.54, 1.807) is 6.07 Å². The number of unbranched alkanes of at least 4 members (excludes halogenated alkanes) is 1. The number of ether oxygens (including phenoxy) is 2. The normalized spacial score (nSPS) is 15.7. The third-order valence-corrected chi connectivity index (χ3v) is 4.45. The van der Waals surface area contributed by atoms with Crippen LogP contribution in [-0.4, -0.2) is 60.0 Å². The molecule has 3 rings (SSSR count). The first kappa shape index (κ1) is 16.8. The van der Waals surface area contributed by atoms with Crippen molar-refractivity contribution < 1.29 is 19.4 Å². The summed E-state index contributed by atoms with van der Waals surface area (Å²) in [5.41, 5.74) is 1.12. The monoisotopic (exact) mass is 332 g/mol. The quantitative estimate of drug-likeness (QED) is 0.789. The highest BCUT2D eigenvalue weighted by atomic mass is 16.5. The van der Waals surface area contributed by atoms with Gasteiger partial charge in [-0.05, 0) is 37.6 Å². The minimum Gasteiger partial charge on any atom is -0.493 e. The van der Waals surface area contributed by atoms with Crippen molar-refractivity contribution in [2.75, 3.05) is 39.5 Å². The van der Waals surface area contributed by atoms with Crippen LogP contribution in [0.25, 0.3) is 10.9 Å². The standard InChI is InChI=1S/C18H24N2O4/c1-19-6-4-14-12-17(15(18(21)22)13-16(14)19)24-9-3-2-5-20-7-10-23-11-8-20/h4,6,12-13H,2-3,5,7-11H2,1H3,(H,21,22). The third-order valence-electron chi connectivity index (χ3n) is 4.45. The van der Waals surface area contributed by atoms with Crippen LogP contribution in [0.2, 0.25) is 0 Å². The summed E-state index contributed by atoms with van der Waals surface area (Å²) in [4.78, 5) is 13.9. The molecule has 0 atom stereocenters. The first-order valence-corrected chi connectivity index (χ1v) is 8.40. The summed E-state index contributed by atoms with van der Waals surface area (Å²) in [6.45, 7) is 5.19. The van der Waals surface area contributed by atoms with Gasteiger partial charge in [0.15, 0.2) is 0 Å². The van der Waals surface area contributed by atoms with Gasteiger partial charge in [0.05, 0.1) is 19.8 Å². The van der Waals surface area contributed by atoms with Crippen LogP contribution in [-0.2, 0) is 11.8 Å². The number of aryl methyl sites for hydroxylation is 1. The van der Waals surface area contributed by atoms with Crippen molar-refractivity contribution in [3.8, 4) is 5.75 Å². The second-order valence-corrected chi connectivity index (χ2v) is 6.15. The Morgan fingerprint density at radius 1 is 1.29 bits per heavy atom. The molecule has 2 aromatic rings. The minimum absolute atomic E-state index is 0.220. The summed E-state index contributed by atoms with van der Waals surface area (Å²) in [6, 6.07) is 5.47. The molecule has 1 saturated heterocycles. The zero-order valence-electron chi connectivity index (χ0n) is 14.0. The van der Waals surface area contributed by atoms with E-state index in [1.165, 1.54) is 0 Å². The van der Waals surface area contributed by atoms with E-state index in [2.05, 4.69) is 4.90 Å². The summed E-state index contributed by atoms with van der Waals surface area (Å²) in [5, 5.41) is 10.4. The SMILES string of the molecule is Cn1ccc2cc(OCCCCN3CCOCC3)c(C(=O)O)cc21. The van der Waals surface area contributed by atoms with Crippen molar-refractivity contribution in [3.05, 3.63) is 30.0 Å². The van der Waals surface area contributed by atoms with Gasteiger partial charge in [0.25, 0.3) is 0 Å². The van der Waals surface area contributed by atoms with E-state index in [0.717, 1.165) is 56.6 Å². The van der Waals surface area contributed by atoms with E-state index in [1.807, 2.05) is 29.9 Å². The average Bonchev–Trinajstić information content (AvgIpc) is 2.95. The molecule has 6 nitrogen and oxygen atoms in total. The number of nitrogens with zero attached hydrogens (tertiary/aromatic N) is 2. The molecular formula is C18H24N2O4. The maximum absolute atomic E-state index is 11.5. The van der Waals surface area contributed by atoms with Crippen LogP contribution >= 0.6 is 0 Å². The maximum atomic E-state index is 11.5. The van der Waals surface area contributed by atoms with Crippen LogP contribution in [0.3, 0.4) is 0 Å². The first-order valence-electron chi connectivity index (χ1n) is 8.40. The van der Waals surface area contributed by atoms with E-state index in [4.69, 9.17) is 9.47 Å². The Morgan fingerprint density at radius 2 is 2.08 bits per heavy atom. The fourth-order valence-electron chi connectivity index (χ4n) is 3.03. The second-order valence-electron chi connectivity index (χ2n) is 6.15. The van der Waals surface area contributed by atoms with Gasteiger partial charge in [-0.3, -0.25) is 4.90 Å². The molecule has 1 N–H and O–H groups in total. The summed E-state index contributed by atoms with van der Waals surface area (Å²) >= 11 is 0. The largest absolute Gasteiger partial charge is 0.493 e. The number of carboxylic acids is 1. The summed E-state index contributed by atoms with van der Waals surface area (Å²) in [6.07, 6.45) is 3.86. The number of carboxylic acid groups (broad SMARTS) is 1. The molecule has 0 unspecified atom stereocenters. The molecule has 1 aromatic heterocycles. The number of hydrogen-bond donors (Lipinski definition) is 1. The van der Waals surface area contributed by atoms with Crippen LogP contribution in [0.1, 0.15) is 23.2 Å². The molecule has 6 heteroatoms. The molecule has 1 fully saturated rings. The van der Waals surface area contributed by atoms with Gasteiger partial charge >= 0.3 is 5.97 Å². The Bertz CT molecular complexity index is 704. The van der Waals surface area contributed by atoms with Crippen molar-refractivity contribution in [1.82, 2.24) is 9.47 Å². The first-order chi connectivity index (χ1) is 11.6. The van der Waals surface area contributed by atoms with E-state index >= 15 is 0 Å². The third kappa shape index (κ3) is 3.88. The Kier molecular flexibility index (Phi) is 5.37. The number of hydrogen-bond acceptors (Lipinski definition) is 4. The molecule has 0 saturated carbocycles. The van der Waals surface area contributed by atoms with Crippen LogP contribution in [0.4, 0.5) is 0 Å². The Morgan fingerprint density at radius 3 is 2.83 bits per heavy atom. The molecule has 0 radical (unpaired) electrons. The molecule has 1 aliphatic rings. The van der Waals surface area contributed by atoms with Crippen LogP contribution in [0, 0.1) is 0 Å². The fraction of sp³-hybridized carbons (Fsp3) is 0.500. The lowest BCUT2D eigenvalue weighted by molar-refractivity contribution is 0.0368. The van der Waals surface area contributed by atoms with Crippen molar-refractivity contribution in [2.24, 2.45) is 7.05 Å². The maximum Gasteiger partial charge on any atom is 0.339 e. The molecule has 1 aromatic carbocycles. The predicted molar refractivity (Wildman–Crippen MR) is 91.9 cm³/mol. The highest BCUT2D eigenvalue weighted by molar-refractivity contribution is 5.97. The topological polar surface area (TPSA) is 63.9 Å². The molecule has 0 amide bonds. The van der Waals surface area contributed by atoms with E-state index in [9.17, 15) is 9.90 Å². The lowest BCUT2D eigenvalue weighted by Crippen LogP contribution is -2.36. The van der Waals surface area contributed by atoms with E-state index in [0.29, 0.717) is 12.4 Å². The van der Waals surface area contributed by atoms with Gasteiger partial charge in [0.2, 0.25) is 0 Å². The van der Waals surface area contributed by atoms with Crippen LogP contribution < -0.4 is 4.74 Å². The second kappa shape index (κ2) is 7.68. The number of rotatable bonds is 7. The summed E-state index contributed by atoms with van der Waals surface area (Å²) < 4.78 is 13.0. The summed E-state index contributed by atoms with van der Waals surface area (Å²) in [5.74, 6) is -0.506. The van der Waals surface area contributed by atoms with E-state index < -0.39 is 5.97 Å². The molecule has 0 spiro atoms. The highest BCUT2D eigenvalue weighted by Crippen LogP contribution is 2.27. The van der Waals surface area contributed by atoms with Crippen molar-refractivity contribution in [3.63, 3.8) is 0 Å². The number of fused-ring (bicyclic) bond motifs is 1. The lowest BCUT2D eigenvalue weighted by Gasteiger charge is -2.26. The van der Waals surface area contributed by atoms with Gasteiger partial charge in [0, 0.05) is 37.2 Å². The predicted octanol–water partition coefficient (Wildman–Crippen LogP) is 2.37. The minimum atomic E-state index is -0.957. The average molecular weight is 332 g/mol. The smallest absolute Gasteiger partial charge is 0.339 e. The van der Waals surface area contributed by atoms with Gasteiger partial charge < -0.3 is 19.1 Å². The molecular weight excluding hydrogens is 308 g/mol. The van der Waals surface area contributed by atoms with Gasteiger partial charge in [-0.15, -0.1) is 0 Å². The van der Waals surface area contributed by atoms with Crippen LogP contribution in [0.15, 0.2) is 24.4 Å². The van der Waals surface area contributed by atoms with Crippen molar-refractivity contribution >= 4 is 16.9 Å². The molecule has 2 heterocycles. The van der Waals surface area contributed by atoms with E-state index in [-0.39, 0.29) is 5.56 Å². The Hall–Kier alpha value is -2.05. The van der Waals surface area contributed by atoms with Crippen molar-refractivity contribution in [2.45, 2.75) is 12.8 Å². The molecule has 24 heavy (non-hydrogen) atoms. The number of carbonyl (C=O) groups is 1. The summed E-state index contributed by atoms with van der Waals surface area (Å²) in [7, 11) is 1.90. The number of benzene rings is 1. The van der Waals surface area contributed by atoms with Gasteiger partial charge in [-0.1, -0.05) is 0 Å². The number of morpholine rings is 1. The fourth-order valence-corrected chi connectivity index (χ4v) is 3.03. The molecule has 1 aliphatic heterocycles. The lowest BCUT2D eigenvalue weighted by atomic mass is 10.1. The molecule has 0 bridgehead atoms.